The molecule has 0 amide bonds. The van der Waals surface area contributed by atoms with Crippen molar-refractivity contribution in [3.63, 3.8) is 0 Å². The number of hydrogen-bond acceptors (Lipinski definition) is 0. The summed E-state index contributed by atoms with van der Waals surface area (Å²) in [5.74, 6) is -0.196. The first kappa shape index (κ1) is 9.34. The van der Waals surface area contributed by atoms with Gasteiger partial charge in [-0.15, -0.1) is 0 Å². The van der Waals surface area contributed by atoms with E-state index in [2.05, 4.69) is 24.6 Å². The molecule has 16 heavy (non-hydrogen) atoms. The number of fused-ring (bicyclic) bond motifs is 1. The summed E-state index contributed by atoms with van der Waals surface area (Å²) in [5, 5.41) is 0. The summed E-state index contributed by atoms with van der Waals surface area (Å²) < 4.78 is 12.9. The molecule has 0 fully saturated rings. The summed E-state index contributed by atoms with van der Waals surface area (Å²) in [6.07, 6.45) is 6.22. The van der Waals surface area contributed by atoms with Crippen molar-refractivity contribution < 1.29 is 4.39 Å². The van der Waals surface area contributed by atoms with Crippen LogP contribution in [0.1, 0.15) is 11.1 Å². The van der Waals surface area contributed by atoms with Gasteiger partial charge in [0, 0.05) is 6.42 Å². The van der Waals surface area contributed by atoms with E-state index in [9.17, 15) is 4.39 Å². The molecular weight excluding hydrogens is 199 g/mol. The molecular formula is C15H10F. The predicted octanol–water partition coefficient (Wildman–Crippen LogP) is 4.07. The van der Waals surface area contributed by atoms with Crippen molar-refractivity contribution in [1.29, 1.82) is 0 Å². The Labute approximate surface area is 94.1 Å². The second-order valence-corrected chi connectivity index (χ2v) is 3.84. The largest absolute Gasteiger partial charge is 0.207 e. The van der Waals surface area contributed by atoms with E-state index < -0.39 is 0 Å². The van der Waals surface area contributed by atoms with Crippen molar-refractivity contribution in [3.8, 4) is 11.1 Å². The van der Waals surface area contributed by atoms with Gasteiger partial charge in [0.15, 0.2) is 0 Å². The maximum Gasteiger partial charge on any atom is 0.123 e. The lowest BCUT2D eigenvalue weighted by Gasteiger charge is -2.07. The zero-order chi connectivity index (χ0) is 11.0. The minimum atomic E-state index is -0.196. The van der Waals surface area contributed by atoms with Crippen LogP contribution in [0.25, 0.3) is 17.2 Å². The molecule has 0 nitrogen and oxygen atoms in total. The monoisotopic (exact) mass is 209 g/mol. The number of halogens is 1. The Morgan fingerprint density at radius 3 is 2.50 bits per heavy atom. The van der Waals surface area contributed by atoms with Gasteiger partial charge in [0.25, 0.3) is 0 Å². The first-order valence-corrected chi connectivity index (χ1v) is 5.25. The molecule has 1 heteroatoms. The fraction of sp³-hybridized carbons (Fsp3) is 0. The lowest BCUT2D eigenvalue weighted by atomic mass is 9.97. The maximum absolute atomic E-state index is 12.9. The molecule has 1 radical (unpaired) electrons. The molecule has 0 bridgehead atoms. The molecule has 0 N–H and O–H groups in total. The van der Waals surface area contributed by atoms with Gasteiger partial charge in [-0.1, -0.05) is 42.5 Å². The number of rotatable bonds is 1. The van der Waals surface area contributed by atoms with Gasteiger partial charge in [-0.3, -0.25) is 0 Å². The van der Waals surface area contributed by atoms with E-state index in [1.165, 1.54) is 23.3 Å². The van der Waals surface area contributed by atoms with E-state index in [4.69, 9.17) is 0 Å². The van der Waals surface area contributed by atoms with Crippen LogP contribution in [0, 0.1) is 12.2 Å². The van der Waals surface area contributed by atoms with Crippen LogP contribution < -0.4 is 0 Å². The van der Waals surface area contributed by atoms with Crippen molar-refractivity contribution >= 4 is 6.08 Å². The Bertz CT molecular complexity index is 550. The molecule has 2 aromatic rings. The lowest BCUT2D eigenvalue weighted by Crippen LogP contribution is -1.86. The van der Waals surface area contributed by atoms with Crippen LogP contribution >= 0.6 is 0 Å². The van der Waals surface area contributed by atoms with E-state index in [0.717, 1.165) is 11.1 Å². The van der Waals surface area contributed by atoms with Crippen molar-refractivity contribution in [2.75, 3.05) is 0 Å². The van der Waals surface area contributed by atoms with Crippen molar-refractivity contribution in [1.82, 2.24) is 0 Å². The van der Waals surface area contributed by atoms with E-state index in [0.29, 0.717) is 0 Å². The molecule has 1 aliphatic carbocycles. The highest BCUT2D eigenvalue weighted by Gasteiger charge is 2.10. The Morgan fingerprint density at radius 1 is 0.875 bits per heavy atom. The molecule has 0 unspecified atom stereocenters. The van der Waals surface area contributed by atoms with Gasteiger partial charge in [-0.2, -0.15) is 0 Å². The summed E-state index contributed by atoms with van der Waals surface area (Å²) >= 11 is 0. The number of benzene rings is 2. The molecule has 0 heterocycles. The Morgan fingerprint density at radius 2 is 1.69 bits per heavy atom. The molecule has 0 spiro atoms. The highest BCUT2D eigenvalue weighted by Crippen LogP contribution is 2.31. The van der Waals surface area contributed by atoms with E-state index in [-0.39, 0.29) is 5.82 Å². The van der Waals surface area contributed by atoms with E-state index in [1.54, 1.807) is 0 Å². The molecule has 3 rings (SSSR count). The van der Waals surface area contributed by atoms with Gasteiger partial charge >= 0.3 is 0 Å². The van der Waals surface area contributed by atoms with Crippen LogP contribution in [0.3, 0.4) is 0 Å². The van der Waals surface area contributed by atoms with Crippen molar-refractivity contribution in [3.05, 3.63) is 71.9 Å². The van der Waals surface area contributed by atoms with E-state index in [1.807, 2.05) is 24.3 Å². The minimum absolute atomic E-state index is 0.196. The zero-order valence-corrected chi connectivity index (χ0v) is 8.65. The highest BCUT2D eigenvalue weighted by atomic mass is 19.1. The first-order valence-electron chi connectivity index (χ1n) is 5.25. The average Bonchev–Trinajstić information content (AvgIpc) is 2.78. The third kappa shape index (κ3) is 1.45. The highest BCUT2D eigenvalue weighted by molar-refractivity contribution is 5.81. The molecule has 77 valence electrons. The van der Waals surface area contributed by atoms with Crippen molar-refractivity contribution in [2.45, 2.75) is 0 Å². The smallest absolute Gasteiger partial charge is 0.123 e. The summed E-state index contributed by atoms with van der Waals surface area (Å²) in [5.41, 5.74) is 4.65. The average molecular weight is 209 g/mol. The van der Waals surface area contributed by atoms with E-state index >= 15 is 0 Å². The van der Waals surface area contributed by atoms with Crippen molar-refractivity contribution in [2.24, 2.45) is 0 Å². The quantitative estimate of drug-likeness (QED) is 0.664. The number of hydrogen-bond donors (Lipinski definition) is 0. The van der Waals surface area contributed by atoms with Gasteiger partial charge < -0.3 is 0 Å². The summed E-state index contributed by atoms with van der Waals surface area (Å²) in [6, 6.07) is 12.8. The third-order valence-corrected chi connectivity index (χ3v) is 2.83. The number of allylic oxidation sites excluding steroid dienone is 1. The molecule has 2 aromatic carbocycles. The Balaban J connectivity index is 2.17. The first-order chi connectivity index (χ1) is 7.84. The maximum atomic E-state index is 12.9. The third-order valence-electron chi connectivity index (χ3n) is 2.83. The Kier molecular flexibility index (Phi) is 2.10. The lowest BCUT2D eigenvalue weighted by molar-refractivity contribution is 0.628. The van der Waals surface area contributed by atoms with Gasteiger partial charge in [0.2, 0.25) is 0 Å². The van der Waals surface area contributed by atoms with Gasteiger partial charge in [0.1, 0.15) is 5.82 Å². The van der Waals surface area contributed by atoms with Crippen LogP contribution in [0.4, 0.5) is 4.39 Å². The standard InChI is InChI=1S/C15H10F/c16-13-9-7-12(8-10-13)15-6-2-4-11-3-1-5-14(11)15/h1-10H. The topological polar surface area (TPSA) is 0 Å². The van der Waals surface area contributed by atoms with Crippen LogP contribution in [0.5, 0.6) is 0 Å². The second kappa shape index (κ2) is 3.60. The molecule has 0 aromatic heterocycles. The van der Waals surface area contributed by atoms with Gasteiger partial charge in [-0.05, 0) is 34.4 Å². The van der Waals surface area contributed by atoms with Gasteiger partial charge in [-0.25, -0.2) is 4.39 Å². The summed E-state index contributed by atoms with van der Waals surface area (Å²) in [7, 11) is 0. The molecule has 0 atom stereocenters. The molecule has 1 aliphatic rings. The molecule has 0 saturated heterocycles. The van der Waals surface area contributed by atoms with Crippen LogP contribution in [-0.2, 0) is 0 Å². The SMILES string of the molecule is Fc1ccc(-c2cccc3c2C=C[CH]3)cc1. The summed E-state index contributed by atoms with van der Waals surface area (Å²) in [6.45, 7) is 0. The van der Waals surface area contributed by atoms with Crippen LogP contribution in [-0.4, -0.2) is 0 Å². The molecule has 0 aliphatic heterocycles. The fourth-order valence-corrected chi connectivity index (χ4v) is 2.04. The Hall–Kier alpha value is -1.89. The minimum Gasteiger partial charge on any atom is -0.207 e. The van der Waals surface area contributed by atoms with Crippen LogP contribution in [0.15, 0.2) is 48.5 Å². The molecule has 0 saturated carbocycles. The van der Waals surface area contributed by atoms with Crippen LogP contribution in [0.2, 0.25) is 0 Å². The van der Waals surface area contributed by atoms with Gasteiger partial charge in [0.05, 0.1) is 0 Å². The zero-order valence-electron chi connectivity index (χ0n) is 8.65. The summed E-state index contributed by atoms with van der Waals surface area (Å²) in [4.78, 5) is 0. The predicted molar refractivity (Wildman–Crippen MR) is 64.3 cm³/mol. The normalized spacial score (nSPS) is 12.8. The fourth-order valence-electron chi connectivity index (χ4n) is 2.04. The second-order valence-electron chi connectivity index (χ2n) is 3.84.